The molecule has 0 saturated heterocycles. The fourth-order valence-corrected chi connectivity index (χ4v) is 3.92. The Kier molecular flexibility index (Phi) is 4.54. The lowest BCUT2D eigenvalue weighted by Crippen LogP contribution is -2.24. The number of sulfone groups is 1. The number of rotatable bonds is 4. The number of hydrogen-bond donors (Lipinski definition) is 1. The number of hydrogen-bond acceptors (Lipinski definition) is 3. The molecule has 27 heavy (non-hydrogen) atoms. The Hall–Kier alpha value is -2.08. The Labute approximate surface area is 147 Å². The molecule has 12 heteroatoms. The lowest BCUT2D eigenvalue weighted by molar-refractivity contribution is -0.0981. The number of benzene rings is 1. The molecule has 0 spiro atoms. The van der Waals surface area contributed by atoms with Crippen LogP contribution in [0.1, 0.15) is 29.4 Å². The van der Waals surface area contributed by atoms with E-state index >= 15 is 0 Å². The third-order valence-electron chi connectivity index (χ3n) is 4.22. The molecular formula is C15H10F7NO3S. The van der Waals surface area contributed by atoms with Crippen LogP contribution in [0.25, 0.3) is 5.69 Å². The smallest absolute Gasteiger partial charge is 0.341 e. The van der Waals surface area contributed by atoms with Gasteiger partial charge in [-0.05, 0) is 18.2 Å². The highest BCUT2D eigenvalue weighted by Gasteiger charge is 2.52. The van der Waals surface area contributed by atoms with E-state index in [4.69, 9.17) is 0 Å². The van der Waals surface area contributed by atoms with Crippen LogP contribution in [0.5, 0.6) is 0 Å². The standard InChI is InChI=1S/C15H10F7NO3S/c16-8-2-1-6(3-7(8)13(17)18)23-5-10(27(25,26)14(19)20)11-9(23)4-15(21,22)12(11)24/h1-3,5,12-14,24H,4H2/t12-/m0/s1. The summed E-state index contributed by atoms with van der Waals surface area (Å²) in [5, 5.41) is 9.73. The minimum Gasteiger partial charge on any atom is -0.382 e. The predicted octanol–water partition coefficient (Wildman–Crippen LogP) is 3.78. The van der Waals surface area contributed by atoms with Crippen LogP contribution in [0.15, 0.2) is 29.3 Å². The monoisotopic (exact) mass is 417 g/mol. The first-order chi connectivity index (χ1) is 12.4. The van der Waals surface area contributed by atoms with Crippen molar-refractivity contribution >= 4 is 9.84 Å². The maximum Gasteiger partial charge on any atom is 0.341 e. The molecule has 0 amide bonds. The highest BCUT2D eigenvalue weighted by Crippen LogP contribution is 2.48. The molecule has 0 aliphatic heterocycles. The second kappa shape index (κ2) is 6.23. The zero-order valence-electron chi connectivity index (χ0n) is 13.0. The fraction of sp³-hybridized carbons (Fsp3) is 0.333. The van der Waals surface area contributed by atoms with Crippen LogP contribution in [0.4, 0.5) is 30.7 Å². The minimum absolute atomic E-state index is 0.344. The van der Waals surface area contributed by atoms with Crippen LogP contribution >= 0.6 is 0 Å². The van der Waals surface area contributed by atoms with Crippen LogP contribution < -0.4 is 0 Å². The van der Waals surface area contributed by atoms with Gasteiger partial charge in [0.1, 0.15) is 11.9 Å². The summed E-state index contributed by atoms with van der Waals surface area (Å²) in [6, 6.07) is 2.08. The van der Waals surface area contributed by atoms with Crippen LogP contribution in [-0.2, 0) is 16.3 Å². The van der Waals surface area contributed by atoms with Gasteiger partial charge < -0.3 is 9.67 Å². The van der Waals surface area contributed by atoms with E-state index < -0.39 is 68.0 Å². The maximum atomic E-state index is 13.9. The van der Waals surface area contributed by atoms with Gasteiger partial charge in [-0.2, -0.15) is 8.78 Å². The molecule has 1 aromatic heterocycles. The average Bonchev–Trinajstić information content (AvgIpc) is 3.03. The summed E-state index contributed by atoms with van der Waals surface area (Å²) in [6.07, 6.45) is -6.62. The van der Waals surface area contributed by atoms with Gasteiger partial charge in [-0.1, -0.05) is 0 Å². The van der Waals surface area contributed by atoms with Gasteiger partial charge >= 0.3 is 5.76 Å². The number of aliphatic hydroxyl groups excluding tert-OH is 1. The number of alkyl halides is 6. The molecule has 4 nitrogen and oxygen atoms in total. The Balaban J connectivity index is 2.29. The van der Waals surface area contributed by atoms with Crippen molar-refractivity contribution in [2.45, 2.75) is 35.5 Å². The zero-order chi connectivity index (χ0) is 20.3. The molecule has 2 aromatic rings. The van der Waals surface area contributed by atoms with Crippen molar-refractivity contribution in [2.24, 2.45) is 0 Å². The molecule has 3 rings (SSSR count). The number of aromatic nitrogens is 1. The van der Waals surface area contributed by atoms with Crippen LogP contribution in [0, 0.1) is 5.82 Å². The van der Waals surface area contributed by atoms with E-state index in [1.807, 2.05) is 0 Å². The molecule has 0 unspecified atom stereocenters. The second-order valence-corrected chi connectivity index (χ2v) is 7.76. The summed E-state index contributed by atoms with van der Waals surface area (Å²) in [7, 11) is -5.38. The molecule has 0 bridgehead atoms. The van der Waals surface area contributed by atoms with Crippen molar-refractivity contribution in [3.05, 3.63) is 47.0 Å². The maximum absolute atomic E-state index is 13.9. The summed E-state index contributed by atoms with van der Waals surface area (Å²) in [5.74, 6) is -9.10. The molecule has 0 radical (unpaired) electrons. The van der Waals surface area contributed by atoms with Gasteiger partial charge in [0.25, 0.3) is 12.3 Å². The predicted molar refractivity (Wildman–Crippen MR) is 77.5 cm³/mol. The van der Waals surface area contributed by atoms with E-state index in [0.717, 1.165) is 6.07 Å². The normalized spacial score (nSPS) is 19.1. The van der Waals surface area contributed by atoms with Crippen LogP contribution in [0.3, 0.4) is 0 Å². The van der Waals surface area contributed by atoms with Crippen molar-refractivity contribution in [2.75, 3.05) is 0 Å². The Morgan fingerprint density at radius 3 is 2.37 bits per heavy atom. The quantitative estimate of drug-likeness (QED) is 0.771. The molecule has 1 atom stereocenters. The van der Waals surface area contributed by atoms with Gasteiger partial charge in [0, 0.05) is 23.1 Å². The van der Waals surface area contributed by atoms with E-state index in [2.05, 4.69) is 0 Å². The van der Waals surface area contributed by atoms with Gasteiger partial charge in [-0.15, -0.1) is 0 Å². The molecule has 1 aliphatic carbocycles. The first-order valence-electron chi connectivity index (χ1n) is 7.28. The topological polar surface area (TPSA) is 59.3 Å². The van der Waals surface area contributed by atoms with Crippen molar-refractivity contribution in [1.29, 1.82) is 0 Å². The van der Waals surface area contributed by atoms with E-state index in [-0.39, 0.29) is 5.69 Å². The first kappa shape index (κ1) is 19.7. The largest absolute Gasteiger partial charge is 0.382 e. The third kappa shape index (κ3) is 3.00. The third-order valence-corrected chi connectivity index (χ3v) is 5.63. The van der Waals surface area contributed by atoms with E-state index in [0.29, 0.717) is 22.9 Å². The van der Waals surface area contributed by atoms with Gasteiger partial charge in [0.05, 0.1) is 16.9 Å². The summed E-state index contributed by atoms with van der Waals surface area (Å²) < 4.78 is 117. The number of aliphatic hydroxyl groups is 1. The number of halogens is 7. The zero-order valence-corrected chi connectivity index (χ0v) is 13.8. The lowest BCUT2D eigenvalue weighted by Gasteiger charge is -2.15. The Morgan fingerprint density at radius 2 is 1.81 bits per heavy atom. The minimum atomic E-state index is -5.38. The highest BCUT2D eigenvalue weighted by atomic mass is 32.2. The van der Waals surface area contributed by atoms with Crippen molar-refractivity contribution < 1.29 is 44.3 Å². The summed E-state index contributed by atoms with van der Waals surface area (Å²) in [6.45, 7) is 0. The number of nitrogens with zero attached hydrogens (tertiary/aromatic N) is 1. The van der Waals surface area contributed by atoms with E-state index in [9.17, 15) is 44.3 Å². The Bertz CT molecular complexity index is 1000. The number of fused-ring (bicyclic) bond motifs is 1. The van der Waals surface area contributed by atoms with Gasteiger partial charge in [0.2, 0.25) is 9.84 Å². The first-order valence-corrected chi connectivity index (χ1v) is 8.82. The molecule has 1 N–H and O–H groups in total. The van der Waals surface area contributed by atoms with E-state index in [1.54, 1.807) is 0 Å². The van der Waals surface area contributed by atoms with E-state index in [1.165, 1.54) is 0 Å². The summed E-state index contributed by atoms with van der Waals surface area (Å²) >= 11 is 0. The molecule has 1 heterocycles. The average molecular weight is 417 g/mol. The fourth-order valence-electron chi connectivity index (χ4n) is 2.94. The van der Waals surface area contributed by atoms with Crippen molar-refractivity contribution in [1.82, 2.24) is 4.57 Å². The molecule has 1 aromatic carbocycles. The van der Waals surface area contributed by atoms with Crippen molar-refractivity contribution in [3.63, 3.8) is 0 Å². The van der Waals surface area contributed by atoms with Crippen LogP contribution in [0.2, 0.25) is 0 Å². The summed E-state index contributed by atoms with van der Waals surface area (Å²) in [4.78, 5) is -1.24. The molecular weight excluding hydrogens is 407 g/mol. The van der Waals surface area contributed by atoms with Gasteiger partial charge in [0.15, 0.2) is 0 Å². The molecule has 0 fully saturated rings. The molecule has 1 aliphatic rings. The molecule has 148 valence electrons. The summed E-state index contributed by atoms with van der Waals surface area (Å²) in [5.41, 5.74) is -2.90. The van der Waals surface area contributed by atoms with Crippen LogP contribution in [-0.4, -0.2) is 29.8 Å². The SMILES string of the molecule is O=S(=O)(c1cn(-c2ccc(F)c(C(F)F)c2)c2c1[C@H](O)C(F)(F)C2)C(F)F. The van der Waals surface area contributed by atoms with Crippen molar-refractivity contribution in [3.8, 4) is 5.69 Å². The lowest BCUT2D eigenvalue weighted by atomic mass is 10.2. The molecule has 0 saturated carbocycles. The van der Waals surface area contributed by atoms with Gasteiger partial charge in [-0.3, -0.25) is 0 Å². The highest BCUT2D eigenvalue weighted by molar-refractivity contribution is 7.91. The van der Waals surface area contributed by atoms with Gasteiger partial charge in [-0.25, -0.2) is 30.4 Å². The Morgan fingerprint density at radius 1 is 1.19 bits per heavy atom. The second-order valence-electron chi connectivity index (χ2n) is 5.88.